The van der Waals surface area contributed by atoms with Crippen molar-refractivity contribution >= 4 is 17.6 Å². The highest BCUT2D eigenvalue weighted by atomic mass is 16.3. The van der Waals surface area contributed by atoms with E-state index in [0.29, 0.717) is 29.1 Å². The first kappa shape index (κ1) is 27.2. The van der Waals surface area contributed by atoms with Gasteiger partial charge in [-0.15, -0.1) is 0 Å². The number of nitrogens with zero attached hydrogens (tertiary/aromatic N) is 2. The number of phenols is 1. The van der Waals surface area contributed by atoms with E-state index >= 15 is 0 Å². The number of nitrogens with one attached hydrogen (secondary N) is 2. The largest absolute Gasteiger partial charge is 0.507 e. The second kappa shape index (κ2) is 11.0. The van der Waals surface area contributed by atoms with Crippen molar-refractivity contribution in [3.05, 3.63) is 101 Å². The Bertz CT molecular complexity index is 1530. The average molecular weight is 537 g/mol. The van der Waals surface area contributed by atoms with Crippen molar-refractivity contribution in [1.82, 2.24) is 15.1 Å². The quantitative estimate of drug-likeness (QED) is 0.228. The summed E-state index contributed by atoms with van der Waals surface area (Å²) in [6.45, 7) is 8.81. The Labute approximate surface area is 235 Å². The lowest BCUT2D eigenvalue weighted by molar-refractivity contribution is 0.102. The number of aryl methyl sites for hydroxylation is 1. The Kier molecular flexibility index (Phi) is 7.48. The summed E-state index contributed by atoms with van der Waals surface area (Å²) in [7, 11) is 0. The SMILES string of the molecule is Cc1ccc(CNC(=O)n2nc(-c3cc(NC(=O)c4ccc(C(C)(C)C)cc4)ccc3O)cc2C2CCC2)cc1. The maximum absolute atomic E-state index is 13.2. The van der Waals surface area contributed by atoms with Crippen LogP contribution < -0.4 is 10.6 Å². The predicted octanol–water partition coefficient (Wildman–Crippen LogP) is 7.14. The zero-order valence-corrected chi connectivity index (χ0v) is 23.5. The van der Waals surface area contributed by atoms with Gasteiger partial charge in [-0.05, 0) is 72.7 Å². The molecule has 206 valence electrons. The van der Waals surface area contributed by atoms with Gasteiger partial charge in [-0.3, -0.25) is 4.79 Å². The molecule has 0 aliphatic heterocycles. The lowest BCUT2D eigenvalue weighted by Crippen LogP contribution is -2.31. The van der Waals surface area contributed by atoms with Crippen molar-refractivity contribution in [3.63, 3.8) is 0 Å². The van der Waals surface area contributed by atoms with Crippen LogP contribution in [0.2, 0.25) is 0 Å². The van der Waals surface area contributed by atoms with Gasteiger partial charge in [-0.1, -0.05) is 69.2 Å². The topological polar surface area (TPSA) is 96.3 Å². The fraction of sp³-hybridized carbons (Fsp3) is 0.303. The van der Waals surface area contributed by atoms with Gasteiger partial charge in [0.1, 0.15) is 5.75 Å². The molecule has 0 radical (unpaired) electrons. The van der Waals surface area contributed by atoms with E-state index in [-0.39, 0.29) is 29.0 Å². The molecule has 0 bridgehead atoms. The molecule has 1 aliphatic carbocycles. The molecular formula is C33H36N4O3. The number of hydrogen-bond acceptors (Lipinski definition) is 4. The molecule has 1 aliphatic rings. The number of phenolic OH excluding ortho intramolecular Hbond substituents is 1. The molecule has 0 saturated heterocycles. The van der Waals surface area contributed by atoms with E-state index in [1.54, 1.807) is 12.1 Å². The number of hydrogen-bond donors (Lipinski definition) is 3. The molecule has 1 heterocycles. The van der Waals surface area contributed by atoms with Crippen LogP contribution in [0.3, 0.4) is 0 Å². The predicted molar refractivity (Wildman–Crippen MR) is 158 cm³/mol. The van der Waals surface area contributed by atoms with E-state index in [9.17, 15) is 14.7 Å². The lowest BCUT2D eigenvalue weighted by Gasteiger charge is -2.25. The van der Waals surface area contributed by atoms with Crippen LogP contribution in [0.1, 0.15) is 78.7 Å². The van der Waals surface area contributed by atoms with Gasteiger partial charge in [0.25, 0.3) is 5.91 Å². The number of benzene rings is 3. The van der Waals surface area contributed by atoms with Crippen molar-refractivity contribution in [2.75, 3.05) is 5.32 Å². The summed E-state index contributed by atoms with van der Waals surface area (Å²) >= 11 is 0. The first-order valence-electron chi connectivity index (χ1n) is 13.8. The monoisotopic (exact) mass is 536 g/mol. The van der Waals surface area contributed by atoms with E-state index in [2.05, 4.69) is 36.5 Å². The van der Waals surface area contributed by atoms with Crippen molar-refractivity contribution in [2.24, 2.45) is 0 Å². The van der Waals surface area contributed by atoms with Crippen molar-refractivity contribution in [2.45, 2.75) is 64.8 Å². The van der Waals surface area contributed by atoms with E-state index in [4.69, 9.17) is 0 Å². The Hall–Kier alpha value is -4.39. The fourth-order valence-electron chi connectivity index (χ4n) is 4.79. The Morgan fingerprint density at radius 3 is 2.30 bits per heavy atom. The Morgan fingerprint density at radius 2 is 1.68 bits per heavy atom. The molecule has 1 saturated carbocycles. The number of carbonyl (C=O) groups excluding carboxylic acids is 2. The summed E-state index contributed by atoms with van der Waals surface area (Å²) in [4.78, 5) is 26.2. The normalized spacial score (nSPS) is 13.5. The van der Waals surface area contributed by atoms with E-state index in [1.165, 1.54) is 10.7 Å². The number of carbonyl (C=O) groups is 2. The molecule has 3 aromatic carbocycles. The highest BCUT2D eigenvalue weighted by molar-refractivity contribution is 6.04. The molecule has 2 amide bonds. The highest BCUT2D eigenvalue weighted by Crippen LogP contribution is 2.39. The van der Waals surface area contributed by atoms with Gasteiger partial charge in [-0.2, -0.15) is 9.78 Å². The van der Waals surface area contributed by atoms with Crippen molar-refractivity contribution in [3.8, 4) is 17.0 Å². The summed E-state index contributed by atoms with van der Waals surface area (Å²) in [5.74, 6) is 0.0261. The van der Waals surface area contributed by atoms with Crippen LogP contribution in [0.25, 0.3) is 11.3 Å². The summed E-state index contributed by atoms with van der Waals surface area (Å²) in [5, 5.41) is 21.2. The maximum Gasteiger partial charge on any atom is 0.342 e. The Balaban J connectivity index is 1.37. The molecule has 0 unspecified atom stereocenters. The fourth-order valence-corrected chi connectivity index (χ4v) is 4.79. The highest BCUT2D eigenvalue weighted by Gasteiger charge is 2.28. The van der Waals surface area contributed by atoms with Gasteiger partial charge < -0.3 is 15.7 Å². The summed E-state index contributed by atoms with van der Waals surface area (Å²) in [6.07, 6.45) is 3.10. The minimum absolute atomic E-state index is 0.000179. The number of aromatic nitrogens is 2. The van der Waals surface area contributed by atoms with E-state index < -0.39 is 0 Å². The van der Waals surface area contributed by atoms with Crippen LogP contribution >= 0.6 is 0 Å². The van der Waals surface area contributed by atoms with Crippen LogP contribution in [0.5, 0.6) is 5.75 Å². The number of rotatable bonds is 6. The van der Waals surface area contributed by atoms with Gasteiger partial charge in [0, 0.05) is 29.3 Å². The second-order valence-electron chi connectivity index (χ2n) is 11.7. The number of anilines is 1. The molecule has 3 N–H and O–H groups in total. The molecule has 40 heavy (non-hydrogen) atoms. The van der Waals surface area contributed by atoms with E-state index in [0.717, 1.165) is 41.6 Å². The number of aromatic hydroxyl groups is 1. The third-order valence-electron chi connectivity index (χ3n) is 7.56. The molecule has 0 atom stereocenters. The standard InChI is InChI=1S/C33H36N4O3/c1-21-8-10-22(11-9-21)20-34-32(40)37-29(23-6-5-7-23)19-28(36-37)27-18-26(16-17-30(27)38)35-31(39)24-12-14-25(15-13-24)33(2,3)4/h8-19,23,38H,5-7,20H2,1-4H3,(H,34,40)(H,35,39). The van der Waals surface area contributed by atoms with Gasteiger partial charge >= 0.3 is 6.03 Å². The minimum atomic E-state index is -0.309. The molecule has 1 aromatic heterocycles. The molecule has 5 rings (SSSR count). The van der Waals surface area contributed by atoms with Gasteiger partial charge in [0.05, 0.1) is 11.4 Å². The average Bonchev–Trinajstić information content (AvgIpc) is 3.32. The summed E-state index contributed by atoms with van der Waals surface area (Å²) < 4.78 is 1.43. The first-order chi connectivity index (χ1) is 19.1. The number of amides is 2. The molecule has 1 fully saturated rings. The first-order valence-corrected chi connectivity index (χ1v) is 13.8. The van der Waals surface area contributed by atoms with Crippen LogP contribution in [0.4, 0.5) is 10.5 Å². The minimum Gasteiger partial charge on any atom is -0.507 e. The molecule has 4 aromatic rings. The van der Waals surface area contributed by atoms with E-state index in [1.807, 2.05) is 61.5 Å². The summed E-state index contributed by atoms with van der Waals surface area (Å²) in [6, 6.07) is 22.0. The van der Waals surface area contributed by atoms with Crippen LogP contribution in [0.15, 0.2) is 72.8 Å². The zero-order chi connectivity index (χ0) is 28.4. The molecular weight excluding hydrogens is 500 g/mol. The van der Waals surface area contributed by atoms with Crippen LogP contribution in [0, 0.1) is 6.92 Å². The van der Waals surface area contributed by atoms with Crippen LogP contribution in [-0.2, 0) is 12.0 Å². The van der Waals surface area contributed by atoms with Gasteiger partial charge in [0.15, 0.2) is 0 Å². The second-order valence-corrected chi connectivity index (χ2v) is 11.7. The lowest BCUT2D eigenvalue weighted by atomic mass is 9.82. The van der Waals surface area contributed by atoms with Crippen LogP contribution in [-0.4, -0.2) is 26.8 Å². The Morgan fingerprint density at radius 1 is 0.975 bits per heavy atom. The summed E-state index contributed by atoms with van der Waals surface area (Å²) in [5.41, 5.74) is 6.15. The third kappa shape index (κ3) is 5.93. The third-order valence-corrected chi connectivity index (χ3v) is 7.56. The van der Waals surface area contributed by atoms with Gasteiger partial charge in [-0.25, -0.2) is 4.79 Å². The van der Waals surface area contributed by atoms with Crippen molar-refractivity contribution < 1.29 is 14.7 Å². The molecule has 7 heteroatoms. The van der Waals surface area contributed by atoms with Gasteiger partial charge in [0.2, 0.25) is 0 Å². The smallest absolute Gasteiger partial charge is 0.342 e. The molecule has 7 nitrogen and oxygen atoms in total. The maximum atomic E-state index is 13.2. The molecule has 0 spiro atoms. The zero-order valence-electron chi connectivity index (χ0n) is 23.5. The van der Waals surface area contributed by atoms with Crippen molar-refractivity contribution in [1.29, 1.82) is 0 Å².